The third-order valence-electron chi connectivity index (χ3n) is 3.70. The van der Waals surface area contributed by atoms with Crippen molar-refractivity contribution in [3.8, 4) is 5.82 Å². The Morgan fingerprint density at radius 1 is 1.04 bits per heavy atom. The van der Waals surface area contributed by atoms with Crippen LogP contribution in [0.3, 0.4) is 0 Å². The molecule has 0 spiro atoms. The number of aryl methyl sites for hydroxylation is 4. The van der Waals surface area contributed by atoms with Gasteiger partial charge >= 0.3 is 0 Å². The first-order valence-corrected chi connectivity index (χ1v) is 7.69. The molecule has 6 nitrogen and oxygen atoms in total. The largest absolute Gasteiger partial charge is 0.321 e. The van der Waals surface area contributed by atoms with Gasteiger partial charge in [-0.1, -0.05) is 0 Å². The van der Waals surface area contributed by atoms with Gasteiger partial charge in [-0.05, 0) is 58.0 Å². The van der Waals surface area contributed by atoms with Crippen LogP contribution in [-0.2, 0) is 0 Å². The number of hydrogen-bond acceptors (Lipinski definition) is 4. The van der Waals surface area contributed by atoms with Gasteiger partial charge in [0.25, 0.3) is 5.91 Å². The second-order valence-corrected chi connectivity index (χ2v) is 5.78. The van der Waals surface area contributed by atoms with Gasteiger partial charge < -0.3 is 5.32 Å². The van der Waals surface area contributed by atoms with Crippen molar-refractivity contribution in [3.05, 3.63) is 64.9 Å². The first-order chi connectivity index (χ1) is 11.4. The molecule has 0 aliphatic carbocycles. The number of anilines is 1. The van der Waals surface area contributed by atoms with Gasteiger partial charge in [0, 0.05) is 11.4 Å². The van der Waals surface area contributed by atoms with Crippen molar-refractivity contribution >= 4 is 11.6 Å². The number of carbonyl (C=O) groups excluding carboxylic acids is 1. The zero-order chi connectivity index (χ0) is 17.3. The van der Waals surface area contributed by atoms with Crippen LogP contribution in [0.25, 0.3) is 5.82 Å². The van der Waals surface area contributed by atoms with Crippen LogP contribution in [0.4, 0.5) is 5.69 Å². The molecule has 0 aliphatic heterocycles. The van der Waals surface area contributed by atoms with Gasteiger partial charge in [-0.2, -0.15) is 5.10 Å². The van der Waals surface area contributed by atoms with Crippen LogP contribution in [0, 0.1) is 27.7 Å². The summed E-state index contributed by atoms with van der Waals surface area (Å²) in [6.45, 7) is 7.64. The molecule has 0 atom stereocenters. The number of aromatic nitrogens is 4. The number of nitrogens with one attached hydrogen (secondary N) is 1. The predicted octanol–water partition coefficient (Wildman–Crippen LogP) is 3.15. The summed E-state index contributed by atoms with van der Waals surface area (Å²) in [5.74, 6) is 0.521. The maximum Gasteiger partial charge on any atom is 0.257 e. The minimum absolute atomic E-state index is 0.194. The van der Waals surface area contributed by atoms with E-state index in [0.717, 1.165) is 17.1 Å². The Morgan fingerprint density at radius 3 is 2.42 bits per heavy atom. The lowest BCUT2D eigenvalue weighted by molar-refractivity contribution is 0.102. The van der Waals surface area contributed by atoms with Gasteiger partial charge in [0.05, 0.1) is 28.8 Å². The Morgan fingerprint density at radius 2 is 1.83 bits per heavy atom. The van der Waals surface area contributed by atoms with E-state index in [-0.39, 0.29) is 5.91 Å². The van der Waals surface area contributed by atoms with Gasteiger partial charge in [-0.25, -0.2) is 9.67 Å². The lowest BCUT2D eigenvalue weighted by atomic mass is 10.1. The zero-order valence-electron chi connectivity index (χ0n) is 14.2. The van der Waals surface area contributed by atoms with Gasteiger partial charge in [0.15, 0.2) is 5.82 Å². The molecule has 3 rings (SSSR count). The smallest absolute Gasteiger partial charge is 0.257 e. The topological polar surface area (TPSA) is 72.7 Å². The van der Waals surface area contributed by atoms with Crippen LogP contribution in [0.5, 0.6) is 0 Å². The average molecular weight is 321 g/mol. The number of rotatable bonds is 3. The average Bonchev–Trinajstić information content (AvgIpc) is 2.86. The van der Waals surface area contributed by atoms with Crippen LogP contribution in [0.2, 0.25) is 0 Å². The molecule has 0 saturated carbocycles. The fourth-order valence-electron chi connectivity index (χ4n) is 2.57. The molecule has 3 aromatic rings. The highest BCUT2D eigenvalue weighted by Gasteiger charge is 2.11. The maximum atomic E-state index is 12.4. The quantitative estimate of drug-likeness (QED) is 0.804. The second kappa shape index (κ2) is 6.23. The molecule has 1 N–H and O–H groups in total. The highest BCUT2D eigenvalue weighted by molar-refractivity contribution is 6.04. The summed E-state index contributed by atoms with van der Waals surface area (Å²) in [5, 5.41) is 7.24. The molecule has 0 bridgehead atoms. The van der Waals surface area contributed by atoms with E-state index < -0.39 is 0 Å². The summed E-state index contributed by atoms with van der Waals surface area (Å²) >= 11 is 0. The van der Waals surface area contributed by atoms with Crippen molar-refractivity contribution in [1.29, 1.82) is 0 Å². The number of hydrogen-bond donors (Lipinski definition) is 1. The summed E-state index contributed by atoms with van der Waals surface area (Å²) in [6.07, 6.45) is 1.63. The third kappa shape index (κ3) is 3.17. The van der Waals surface area contributed by atoms with Crippen LogP contribution < -0.4 is 5.32 Å². The maximum absolute atomic E-state index is 12.4. The Kier molecular flexibility index (Phi) is 4.12. The molecule has 3 heterocycles. The molecule has 122 valence electrons. The standard InChI is InChI=1S/C18H19N5O/c1-11-5-7-16(14(4)20-11)18(24)21-15-6-8-17(19-10-15)23-13(3)9-12(2)22-23/h5-10H,1-4H3,(H,21,24). The van der Waals surface area contributed by atoms with Crippen LogP contribution >= 0.6 is 0 Å². The normalized spacial score (nSPS) is 10.7. The van der Waals surface area contributed by atoms with E-state index in [1.807, 2.05) is 52.0 Å². The molecule has 0 aromatic carbocycles. The van der Waals surface area contributed by atoms with Crippen LogP contribution in [0.1, 0.15) is 33.1 Å². The molecular weight excluding hydrogens is 302 g/mol. The Balaban J connectivity index is 1.79. The van der Waals surface area contributed by atoms with Crippen molar-refractivity contribution in [2.75, 3.05) is 5.32 Å². The number of nitrogens with zero attached hydrogens (tertiary/aromatic N) is 4. The summed E-state index contributed by atoms with van der Waals surface area (Å²) < 4.78 is 1.77. The van der Waals surface area contributed by atoms with E-state index >= 15 is 0 Å². The molecule has 1 amide bonds. The molecule has 0 saturated heterocycles. The zero-order valence-corrected chi connectivity index (χ0v) is 14.2. The van der Waals surface area contributed by atoms with Crippen molar-refractivity contribution in [2.24, 2.45) is 0 Å². The van der Waals surface area contributed by atoms with Gasteiger partial charge in [-0.15, -0.1) is 0 Å². The van der Waals surface area contributed by atoms with Gasteiger partial charge in [-0.3, -0.25) is 9.78 Å². The van der Waals surface area contributed by atoms with Crippen molar-refractivity contribution in [3.63, 3.8) is 0 Å². The third-order valence-corrected chi connectivity index (χ3v) is 3.70. The molecule has 6 heteroatoms. The Bertz CT molecular complexity index is 896. The highest BCUT2D eigenvalue weighted by Crippen LogP contribution is 2.14. The summed E-state index contributed by atoms with van der Waals surface area (Å²) in [6, 6.07) is 9.24. The van der Waals surface area contributed by atoms with Gasteiger partial charge in [0.2, 0.25) is 0 Å². The molecule has 24 heavy (non-hydrogen) atoms. The van der Waals surface area contributed by atoms with Crippen molar-refractivity contribution < 1.29 is 4.79 Å². The molecule has 0 aliphatic rings. The fraction of sp³-hybridized carbons (Fsp3) is 0.222. The number of amides is 1. The SMILES string of the molecule is Cc1ccc(C(=O)Nc2ccc(-n3nc(C)cc3C)nc2)c(C)n1. The minimum Gasteiger partial charge on any atom is -0.321 e. The number of carbonyl (C=O) groups is 1. The van der Waals surface area contributed by atoms with E-state index in [1.165, 1.54) is 0 Å². The van der Waals surface area contributed by atoms with E-state index in [0.29, 0.717) is 22.8 Å². The lowest BCUT2D eigenvalue weighted by Gasteiger charge is -2.09. The first kappa shape index (κ1) is 15.9. The molecular formula is C18H19N5O. The monoisotopic (exact) mass is 321 g/mol. The molecule has 0 radical (unpaired) electrons. The Labute approximate surface area is 140 Å². The summed E-state index contributed by atoms with van der Waals surface area (Å²) in [5.41, 5.74) is 4.74. The van der Waals surface area contributed by atoms with E-state index in [4.69, 9.17) is 0 Å². The van der Waals surface area contributed by atoms with Crippen molar-refractivity contribution in [2.45, 2.75) is 27.7 Å². The summed E-state index contributed by atoms with van der Waals surface area (Å²) in [7, 11) is 0. The van der Waals surface area contributed by atoms with E-state index in [1.54, 1.807) is 16.9 Å². The predicted molar refractivity (Wildman–Crippen MR) is 92.5 cm³/mol. The highest BCUT2D eigenvalue weighted by atomic mass is 16.1. The summed E-state index contributed by atoms with van der Waals surface area (Å²) in [4.78, 5) is 21.1. The van der Waals surface area contributed by atoms with Crippen LogP contribution in [0.15, 0.2) is 36.5 Å². The van der Waals surface area contributed by atoms with E-state index in [2.05, 4.69) is 20.4 Å². The lowest BCUT2D eigenvalue weighted by Crippen LogP contribution is -2.14. The van der Waals surface area contributed by atoms with Gasteiger partial charge in [0.1, 0.15) is 0 Å². The Hall–Kier alpha value is -3.02. The molecule has 0 unspecified atom stereocenters. The second-order valence-electron chi connectivity index (χ2n) is 5.78. The van der Waals surface area contributed by atoms with E-state index in [9.17, 15) is 4.79 Å². The van der Waals surface area contributed by atoms with Crippen molar-refractivity contribution in [1.82, 2.24) is 19.7 Å². The fourth-order valence-corrected chi connectivity index (χ4v) is 2.57. The number of pyridine rings is 2. The van der Waals surface area contributed by atoms with Crippen LogP contribution in [-0.4, -0.2) is 25.7 Å². The minimum atomic E-state index is -0.194. The molecule has 3 aromatic heterocycles. The molecule has 0 fully saturated rings. The first-order valence-electron chi connectivity index (χ1n) is 7.69.